The Morgan fingerprint density at radius 2 is 1.84 bits per heavy atom. The molecule has 0 fully saturated rings. The van der Waals surface area contributed by atoms with Gasteiger partial charge in [-0.2, -0.15) is 13.2 Å². The molecule has 2 aromatic carbocycles. The first kappa shape index (κ1) is 18.8. The van der Waals surface area contributed by atoms with Crippen molar-refractivity contribution in [2.75, 3.05) is 11.9 Å². The largest absolute Gasteiger partial charge is 0.416 e. The highest BCUT2D eigenvalue weighted by molar-refractivity contribution is 6.33. The molecule has 0 aliphatic carbocycles. The van der Waals surface area contributed by atoms with Crippen LogP contribution in [0.1, 0.15) is 21.5 Å². The van der Waals surface area contributed by atoms with Crippen LogP contribution in [-0.2, 0) is 11.0 Å². The molecule has 0 bridgehead atoms. The Balaban J connectivity index is 2.00. The summed E-state index contributed by atoms with van der Waals surface area (Å²) >= 11 is 5.80. The summed E-state index contributed by atoms with van der Waals surface area (Å²) in [6, 6.07) is 9.36. The lowest BCUT2D eigenvalue weighted by Crippen LogP contribution is -2.33. The zero-order valence-electron chi connectivity index (χ0n) is 13.1. The summed E-state index contributed by atoms with van der Waals surface area (Å²) in [4.78, 5) is 23.8. The van der Waals surface area contributed by atoms with E-state index in [-0.39, 0.29) is 10.7 Å². The minimum Gasteiger partial charge on any atom is -0.343 e. The van der Waals surface area contributed by atoms with Crippen molar-refractivity contribution in [1.82, 2.24) is 5.32 Å². The fourth-order valence-corrected chi connectivity index (χ4v) is 2.21. The molecular formula is C17H14ClF3N2O2. The predicted molar refractivity (Wildman–Crippen MR) is 88.6 cm³/mol. The summed E-state index contributed by atoms with van der Waals surface area (Å²) in [5, 5.41) is 4.61. The zero-order valence-corrected chi connectivity index (χ0v) is 13.8. The topological polar surface area (TPSA) is 58.2 Å². The number of hydrogen-bond donors (Lipinski definition) is 2. The van der Waals surface area contributed by atoms with Crippen LogP contribution in [0.3, 0.4) is 0 Å². The van der Waals surface area contributed by atoms with Gasteiger partial charge in [-0.1, -0.05) is 29.3 Å². The first-order valence-electron chi connectivity index (χ1n) is 7.18. The molecule has 0 saturated heterocycles. The lowest BCUT2D eigenvalue weighted by atomic mass is 10.1. The van der Waals surface area contributed by atoms with E-state index in [1.165, 1.54) is 0 Å². The number of halogens is 4. The van der Waals surface area contributed by atoms with Gasteiger partial charge < -0.3 is 10.6 Å². The summed E-state index contributed by atoms with van der Waals surface area (Å²) in [7, 11) is 0. The molecular weight excluding hydrogens is 357 g/mol. The fraction of sp³-hybridized carbons (Fsp3) is 0.176. The standard InChI is InChI=1S/C17H14ClF3N2O2/c1-10-3-2-4-11(7-10)16(25)22-9-15(24)23-14-8-12(17(19,20)21)5-6-13(14)18/h2-8H,9H2,1H3,(H,22,25)(H,23,24). The van der Waals surface area contributed by atoms with Crippen LogP contribution in [0.25, 0.3) is 0 Å². The van der Waals surface area contributed by atoms with E-state index in [0.29, 0.717) is 5.56 Å². The number of amides is 2. The van der Waals surface area contributed by atoms with E-state index < -0.39 is 30.1 Å². The lowest BCUT2D eigenvalue weighted by Gasteiger charge is -2.12. The minimum absolute atomic E-state index is 0.0358. The van der Waals surface area contributed by atoms with E-state index >= 15 is 0 Å². The first-order chi connectivity index (χ1) is 11.7. The number of carbonyl (C=O) groups excluding carboxylic acids is 2. The lowest BCUT2D eigenvalue weighted by molar-refractivity contribution is -0.137. The van der Waals surface area contributed by atoms with Crippen molar-refractivity contribution >= 4 is 29.1 Å². The van der Waals surface area contributed by atoms with Gasteiger partial charge in [0.15, 0.2) is 0 Å². The Hall–Kier alpha value is -2.54. The van der Waals surface area contributed by atoms with Crippen LogP contribution in [0.5, 0.6) is 0 Å². The van der Waals surface area contributed by atoms with Crippen LogP contribution in [0, 0.1) is 6.92 Å². The summed E-state index contributed by atoms with van der Waals surface area (Å²) in [6.45, 7) is 1.42. The average molecular weight is 371 g/mol. The number of carbonyl (C=O) groups is 2. The maximum atomic E-state index is 12.7. The van der Waals surface area contributed by atoms with Crippen molar-refractivity contribution < 1.29 is 22.8 Å². The maximum absolute atomic E-state index is 12.7. The average Bonchev–Trinajstić information content (AvgIpc) is 2.53. The molecule has 0 aromatic heterocycles. The van der Waals surface area contributed by atoms with Gasteiger partial charge in [0.2, 0.25) is 5.91 Å². The van der Waals surface area contributed by atoms with Gasteiger partial charge in [-0.3, -0.25) is 9.59 Å². The molecule has 132 valence electrons. The van der Waals surface area contributed by atoms with Crippen LogP contribution in [0.2, 0.25) is 5.02 Å². The molecule has 2 amide bonds. The third-order valence-corrected chi connectivity index (χ3v) is 3.59. The third kappa shape index (κ3) is 5.22. The van der Waals surface area contributed by atoms with Crippen molar-refractivity contribution in [3.63, 3.8) is 0 Å². The SMILES string of the molecule is Cc1cccc(C(=O)NCC(=O)Nc2cc(C(F)(F)F)ccc2Cl)c1. The maximum Gasteiger partial charge on any atom is 0.416 e. The smallest absolute Gasteiger partial charge is 0.343 e. The highest BCUT2D eigenvalue weighted by Gasteiger charge is 2.31. The molecule has 0 heterocycles. The van der Waals surface area contributed by atoms with Gasteiger partial charge in [-0.15, -0.1) is 0 Å². The van der Waals surface area contributed by atoms with Gasteiger partial charge >= 0.3 is 6.18 Å². The van der Waals surface area contributed by atoms with E-state index in [2.05, 4.69) is 10.6 Å². The van der Waals surface area contributed by atoms with Crippen LogP contribution in [0.15, 0.2) is 42.5 Å². The minimum atomic E-state index is -4.55. The Morgan fingerprint density at radius 1 is 1.12 bits per heavy atom. The van der Waals surface area contributed by atoms with E-state index in [9.17, 15) is 22.8 Å². The quantitative estimate of drug-likeness (QED) is 0.853. The Bertz CT molecular complexity index is 807. The molecule has 0 atom stereocenters. The predicted octanol–water partition coefficient (Wildman–Crippen LogP) is 4.04. The molecule has 2 N–H and O–H groups in total. The van der Waals surface area contributed by atoms with E-state index in [1.54, 1.807) is 18.2 Å². The van der Waals surface area contributed by atoms with Gasteiger partial charge in [-0.25, -0.2) is 0 Å². The van der Waals surface area contributed by atoms with E-state index in [0.717, 1.165) is 23.8 Å². The molecule has 2 rings (SSSR count). The molecule has 0 aliphatic rings. The number of hydrogen-bond acceptors (Lipinski definition) is 2. The molecule has 0 saturated carbocycles. The molecule has 4 nitrogen and oxygen atoms in total. The highest BCUT2D eigenvalue weighted by atomic mass is 35.5. The van der Waals surface area contributed by atoms with Crippen LogP contribution in [0.4, 0.5) is 18.9 Å². The number of benzene rings is 2. The Kier molecular flexibility index (Phi) is 5.69. The summed E-state index contributed by atoms with van der Waals surface area (Å²) in [5.74, 6) is -1.16. The molecule has 0 spiro atoms. The summed E-state index contributed by atoms with van der Waals surface area (Å²) in [5.41, 5.74) is 0.153. The van der Waals surface area contributed by atoms with Crippen molar-refractivity contribution in [3.05, 3.63) is 64.2 Å². The molecule has 0 radical (unpaired) electrons. The third-order valence-electron chi connectivity index (χ3n) is 3.26. The molecule has 0 aliphatic heterocycles. The second kappa shape index (κ2) is 7.57. The first-order valence-corrected chi connectivity index (χ1v) is 7.56. The Morgan fingerprint density at radius 3 is 2.48 bits per heavy atom. The van der Waals surface area contributed by atoms with Crippen molar-refractivity contribution in [2.45, 2.75) is 13.1 Å². The number of rotatable bonds is 4. The van der Waals surface area contributed by atoms with E-state index in [4.69, 9.17) is 11.6 Å². The number of aryl methyl sites for hydroxylation is 1. The van der Waals surface area contributed by atoms with Crippen molar-refractivity contribution in [3.8, 4) is 0 Å². The summed E-state index contributed by atoms with van der Waals surface area (Å²) < 4.78 is 38.1. The van der Waals surface area contributed by atoms with Crippen molar-refractivity contribution in [2.24, 2.45) is 0 Å². The van der Waals surface area contributed by atoms with Crippen LogP contribution < -0.4 is 10.6 Å². The van der Waals surface area contributed by atoms with Gasteiger partial charge in [0.25, 0.3) is 5.91 Å². The zero-order chi connectivity index (χ0) is 18.6. The molecule has 0 unspecified atom stereocenters. The van der Waals surface area contributed by atoms with Gasteiger partial charge in [-0.05, 0) is 37.3 Å². The summed E-state index contributed by atoms with van der Waals surface area (Å²) in [6.07, 6.45) is -4.55. The second-order valence-corrected chi connectivity index (χ2v) is 5.70. The monoisotopic (exact) mass is 370 g/mol. The molecule has 2 aromatic rings. The van der Waals surface area contributed by atoms with Gasteiger partial charge in [0, 0.05) is 5.56 Å². The van der Waals surface area contributed by atoms with Crippen molar-refractivity contribution in [1.29, 1.82) is 0 Å². The van der Waals surface area contributed by atoms with Crippen LogP contribution >= 0.6 is 11.6 Å². The second-order valence-electron chi connectivity index (χ2n) is 5.29. The number of nitrogens with one attached hydrogen (secondary N) is 2. The molecule has 25 heavy (non-hydrogen) atoms. The molecule has 8 heteroatoms. The highest BCUT2D eigenvalue weighted by Crippen LogP contribution is 2.33. The number of alkyl halides is 3. The van der Waals surface area contributed by atoms with E-state index in [1.807, 2.05) is 13.0 Å². The Labute approximate surface area is 147 Å². The van der Waals surface area contributed by atoms with Gasteiger partial charge in [0.1, 0.15) is 0 Å². The van der Waals surface area contributed by atoms with Crippen LogP contribution in [-0.4, -0.2) is 18.4 Å². The van der Waals surface area contributed by atoms with Gasteiger partial charge in [0.05, 0.1) is 22.8 Å². The fourth-order valence-electron chi connectivity index (χ4n) is 2.04. The normalized spacial score (nSPS) is 11.1. The number of anilines is 1.